The molecule has 5 N–H and O–H groups in total. The van der Waals surface area contributed by atoms with Crippen LogP contribution in [0.25, 0.3) is 0 Å². The molecule has 0 spiro atoms. The highest BCUT2D eigenvalue weighted by Crippen LogP contribution is 2.17. The summed E-state index contributed by atoms with van der Waals surface area (Å²) in [6.45, 7) is 0. The van der Waals surface area contributed by atoms with Gasteiger partial charge in [0.05, 0.1) is 6.04 Å². The number of nitrogens with two attached hydrogens (primary N) is 1. The minimum atomic E-state index is -1.49. The molecule has 0 radical (unpaired) electrons. The summed E-state index contributed by atoms with van der Waals surface area (Å²) in [6, 6.07) is -1.07. The van der Waals surface area contributed by atoms with Crippen LogP contribution in [0.1, 0.15) is 0 Å². The lowest BCUT2D eigenvalue weighted by atomic mass is 10.1. The van der Waals surface area contributed by atoms with Crippen molar-refractivity contribution in [1.29, 1.82) is 0 Å². The molecule has 0 aliphatic carbocycles. The van der Waals surface area contributed by atoms with Crippen molar-refractivity contribution < 1.29 is 24.9 Å². The highest BCUT2D eigenvalue weighted by Gasteiger charge is 2.44. The summed E-state index contributed by atoms with van der Waals surface area (Å²) in [4.78, 5) is 10.3. The van der Waals surface area contributed by atoms with E-state index in [0.29, 0.717) is 0 Å². The van der Waals surface area contributed by atoms with Crippen LogP contribution in [0.5, 0.6) is 0 Å². The minimum absolute atomic E-state index is 1.07. The summed E-state index contributed by atoms with van der Waals surface area (Å²) in [5.41, 5.74) is 5.20. The van der Waals surface area contributed by atoms with Gasteiger partial charge in [0.2, 0.25) is 0 Å². The molecular formula is C5H9NO5. The van der Waals surface area contributed by atoms with Crippen LogP contribution in [0.2, 0.25) is 0 Å². The molecule has 6 nitrogen and oxygen atoms in total. The van der Waals surface area contributed by atoms with E-state index < -0.39 is 30.5 Å². The number of carboxylic acids is 1. The Balaban J connectivity index is 2.67. The maximum Gasteiger partial charge on any atom is 0.334 e. The van der Waals surface area contributed by atoms with E-state index in [1.54, 1.807) is 0 Å². The first-order valence-corrected chi connectivity index (χ1v) is 3.04. The maximum absolute atomic E-state index is 10.3. The van der Waals surface area contributed by atoms with Gasteiger partial charge < -0.3 is 25.8 Å². The second-order valence-electron chi connectivity index (χ2n) is 2.35. The summed E-state index contributed by atoms with van der Waals surface area (Å²) in [5, 5.41) is 26.1. The molecule has 64 valence electrons. The zero-order valence-corrected chi connectivity index (χ0v) is 5.54. The van der Waals surface area contributed by atoms with Gasteiger partial charge >= 0.3 is 5.97 Å². The summed E-state index contributed by atoms with van der Waals surface area (Å²) >= 11 is 0. The average Bonchev–Trinajstić information content (AvgIpc) is 2.17. The molecule has 1 rings (SSSR count). The molecule has 0 amide bonds. The molecular weight excluding hydrogens is 154 g/mol. The van der Waals surface area contributed by atoms with Gasteiger partial charge in [-0.15, -0.1) is 0 Å². The number of carboxylic acid groups (broad SMARTS) is 1. The van der Waals surface area contributed by atoms with Crippen molar-refractivity contribution in [2.24, 2.45) is 5.73 Å². The molecule has 1 aliphatic heterocycles. The SMILES string of the molecule is N[C@@H]1[C@@H](C(=O)O)OC(O)[C@@H]1O. The Kier molecular flexibility index (Phi) is 2.10. The number of rotatable bonds is 1. The fourth-order valence-corrected chi connectivity index (χ4v) is 0.913. The molecule has 1 heterocycles. The van der Waals surface area contributed by atoms with Gasteiger partial charge in [-0.2, -0.15) is 0 Å². The van der Waals surface area contributed by atoms with Gasteiger partial charge in [0.15, 0.2) is 12.4 Å². The number of ether oxygens (including phenoxy) is 1. The van der Waals surface area contributed by atoms with E-state index in [1.165, 1.54) is 0 Å². The number of aliphatic carboxylic acids is 1. The Hall–Kier alpha value is -0.690. The first-order valence-electron chi connectivity index (χ1n) is 3.04. The first-order chi connectivity index (χ1) is 5.04. The molecule has 0 aromatic carbocycles. The molecule has 0 bridgehead atoms. The van der Waals surface area contributed by atoms with Gasteiger partial charge in [0.25, 0.3) is 0 Å². The van der Waals surface area contributed by atoms with Crippen molar-refractivity contribution >= 4 is 5.97 Å². The topological polar surface area (TPSA) is 113 Å². The Bertz CT molecular complexity index is 172. The van der Waals surface area contributed by atoms with Crippen molar-refractivity contribution in [2.45, 2.75) is 24.5 Å². The number of hydrogen-bond donors (Lipinski definition) is 4. The zero-order valence-electron chi connectivity index (χ0n) is 5.54. The van der Waals surface area contributed by atoms with Gasteiger partial charge in [0, 0.05) is 0 Å². The van der Waals surface area contributed by atoms with Crippen molar-refractivity contribution in [1.82, 2.24) is 0 Å². The lowest BCUT2D eigenvalue weighted by Crippen LogP contribution is -2.43. The van der Waals surface area contributed by atoms with E-state index in [1.807, 2.05) is 0 Å². The van der Waals surface area contributed by atoms with Crippen molar-refractivity contribution in [3.63, 3.8) is 0 Å². The van der Waals surface area contributed by atoms with Crippen molar-refractivity contribution in [2.75, 3.05) is 0 Å². The van der Waals surface area contributed by atoms with Crippen molar-refractivity contribution in [3.8, 4) is 0 Å². The van der Waals surface area contributed by atoms with E-state index >= 15 is 0 Å². The number of hydrogen-bond acceptors (Lipinski definition) is 5. The van der Waals surface area contributed by atoms with E-state index in [2.05, 4.69) is 4.74 Å². The van der Waals surface area contributed by atoms with Crippen LogP contribution >= 0.6 is 0 Å². The third-order valence-corrected chi connectivity index (χ3v) is 1.57. The van der Waals surface area contributed by atoms with Gasteiger partial charge in [-0.05, 0) is 0 Å². The van der Waals surface area contributed by atoms with Crippen LogP contribution in [0, 0.1) is 0 Å². The molecule has 1 aliphatic rings. The Labute approximate surface area is 62.2 Å². The first kappa shape index (κ1) is 8.41. The molecule has 0 aromatic rings. The quantitative estimate of drug-likeness (QED) is 0.339. The lowest BCUT2D eigenvalue weighted by Gasteiger charge is -2.09. The summed E-state index contributed by atoms with van der Waals surface area (Å²) in [7, 11) is 0. The van der Waals surface area contributed by atoms with Crippen LogP contribution in [0.4, 0.5) is 0 Å². The second-order valence-corrected chi connectivity index (χ2v) is 2.35. The van der Waals surface area contributed by atoms with E-state index in [0.717, 1.165) is 0 Å². The summed E-state index contributed by atoms with van der Waals surface area (Å²) < 4.78 is 4.43. The molecule has 0 aromatic heterocycles. The minimum Gasteiger partial charge on any atom is -0.479 e. The number of carbonyl (C=O) groups is 1. The maximum atomic E-state index is 10.3. The Morgan fingerprint density at radius 1 is 1.45 bits per heavy atom. The van der Waals surface area contributed by atoms with Crippen LogP contribution in [-0.4, -0.2) is 45.8 Å². The number of aliphatic hydroxyl groups is 2. The molecule has 1 unspecified atom stereocenters. The van der Waals surface area contributed by atoms with Crippen LogP contribution in [0.15, 0.2) is 0 Å². The summed E-state index contributed by atoms with van der Waals surface area (Å²) in [5.74, 6) is -1.28. The molecule has 6 heteroatoms. The predicted molar refractivity (Wildman–Crippen MR) is 32.5 cm³/mol. The Morgan fingerprint density at radius 2 is 2.00 bits per heavy atom. The highest BCUT2D eigenvalue weighted by molar-refractivity contribution is 5.73. The van der Waals surface area contributed by atoms with Gasteiger partial charge in [-0.25, -0.2) is 4.79 Å². The van der Waals surface area contributed by atoms with Crippen LogP contribution < -0.4 is 5.73 Å². The van der Waals surface area contributed by atoms with Crippen LogP contribution in [-0.2, 0) is 9.53 Å². The summed E-state index contributed by atoms with van der Waals surface area (Å²) in [6.07, 6.45) is -4.14. The fraction of sp³-hybridized carbons (Fsp3) is 0.800. The smallest absolute Gasteiger partial charge is 0.334 e. The second kappa shape index (κ2) is 2.74. The van der Waals surface area contributed by atoms with Gasteiger partial charge in [0.1, 0.15) is 6.10 Å². The normalized spacial score (nSPS) is 44.3. The third-order valence-electron chi connectivity index (χ3n) is 1.57. The largest absolute Gasteiger partial charge is 0.479 e. The zero-order chi connectivity index (χ0) is 8.59. The molecule has 0 saturated carbocycles. The predicted octanol–water partition coefficient (Wildman–Crippen LogP) is -2.52. The van der Waals surface area contributed by atoms with E-state index in [4.69, 9.17) is 21.1 Å². The van der Waals surface area contributed by atoms with Gasteiger partial charge in [-0.3, -0.25) is 0 Å². The highest BCUT2D eigenvalue weighted by atomic mass is 16.6. The van der Waals surface area contributed by atoms with E-state index in [9.17, 15) is 4.79 Å². The average molecular weight is 163 g/mol. The molecule has 4 atom stereocenters. The standard InChI is InChI=1S/C5H9NO5/c6-1-2(7)5(10)11-3(1)4(8)9/h1-3,5,7,10H,6H2,(H,8,9)/t1-,2+,3-,5?/m0/s1. The number of aliphatic hydroxyl groups excluding tert-OH is 2. The van der Waals surface area contributed by atoms with E-state index in [-0.39, 0.29) is 0 Å². The van der Waals surface area contributed by atoms with Gasteiger partial charge in [-0.1, -0.05) is 0 Å². The third kappa shape index (κ3) is 1.33. The monoisotopic (exact) mass is 163 g/mol. The lowest BCUT2D eigenvalue weighted by molar-refractivity contribution is -0.164. The van der Waals surface area contributed by atoms with Crippen LogP contribution in [0.3, 0.4) is 0 Å². The Morgan fingerprint density at radius 3 is 2.18 bits per heavy atom. The molecule has 1 fully saturated rings. The van der Waals surface area contributed by atoms with Crippen molar-refractivity contribution in [3.05, 3.63) is 0 Å². The molecule has 1 saturated heterocycles. The molecule has 11 heavy (non-hydrogen) atoms. The fourth-order valence-electron chi connectivity index (χ4n) is 0.913.